The SMILES string of the molecule is CC(=O)Nc1cccc(-n2c(C)nnc2S[C@@H]2CCCCC2=O)c1. The van der Waals surface area contributed by atoms with Crippen LogP contribution in [0.1, 0.15) is 38.4 Å². The van der Waals surface area contributed by atoms with Crippen molar-refractivity contribution in [1.29, 1.82) is 0 Å². The molecule has 126 valence electrons. The smallest absolute Gasteiger partial charge is 0.221 e. The minimum Gasteiger partial charge on any atom is -0.326 e. The first-order valence-corrected chi connectivity index (χ1v) is 8.92. The number of ketones is 1. The molecule has 1 aromatic heterocycles. The summed E-state index contributed by atoms with van der Waals surface area (Å²) in [6.07, 6.45) is 3.61. The highest BCUT2D eigenvalue weighted by Gasteiger charge is 2.26. The monoisotopic (exact) mass is 344 g/mol. The number of hydrogen-bond donors (Lipinski definition) is 1. The van der Waals surface area contributed by atoms with E-state index in [1.807, 2.05) is 35.8 Å². The average molecular weight is 344 g/mol. The molecule has 3 rings (SSSR count). The number of benzene rings is 1. The van der Waals surface area contributed by atoms with E-state index in [4.69, 9.17) is 0 Å². The molecule has 1 saturated carbocycles. The van der Waals surface area contributed by atoms with E-state index in [1.54, 1.807) is 0 Å². The summed E-state index contributed by atoms with van der Waals surface area (Å²) in [5, 5.41) is 11.9. The zero-order valence-corrected chi connectivity index (χ0v) is 14.6. The van der Waals surface area contributed by atoms with Gasteiger partial charge < -0.3 is 5.32 Å². The third-order valence-electron chi connectivity index (χ3n) is 3.97. The summed E-state index contributed by atoms with van der Waals surface area (Å²) in [5.41, 5.74) is 1.59. The second-order valence-corrected chi connectivity index (χ2v) is 7.09. The molecule has 1 aliphatic rings. The quantitative estimate of drug-likeness (QED) is 0.922. The Balaban J connectivity index is 1.90. The summed E-state index contributed by atoms with van der Waals surface area (Å²) in [6.45, 7) is 3.36. The Morgan fingerprint density at radius 1 is 1.33 bits per heavy atom. The van der Waals surface area contributed by atoms with Crippen molar-refractivity contribution >= 4 is 29.1 Å². The third kappa shape index (κ3) is 3.67. The fourth-order valence-electron chi connectivity index (χ4n) is 2.85. The second kappa shape index (κ2) is 7.17. The molecule has 0 spiro atoms. The van der Waals surface area contributed by atoms with Gasteiger partial charge in [-0.3, -0.25) is 14.2 Å². The Hall–Kier alpha value is -2.15. The number of nitrogens with one attached hydrogen (secondary N) is 1. The summed E-state index contributed by atoms with van der Waals surface area (Å²) < 4.78 is 1.93. The largest absolute Gasteiger partial charge is 0.326 e. The van der Waals surface area contributed by atoms with Gasteiger partial charge in [0.15, 0.2) is 5.16 Å². The van der Waals surface area contributed by atoms with Crippen molar-refractivity contribution in [2.45, 2.75) is 49.9 Å². The van der Waals surface area contributed by atoms with Crippen LogP contribution in [0.5, 0.6) is 0 Å². The summed E-state index contributed by atoms with van der Waals surface area (Å²) in [5.74, 6) is 0.932. The highest BCUT2D eigenvalue weighted by molar-refractivity contribution is 8.00. The first kappa shape index (κ1) is 16.7. The number of anilines is 1. The van der Waals surface area contributed by atoms with Crippen molar-refractivity contribution < 1.29 is 9.59 Å². The molecule has 0 bridgehead atoms. The van der Waals surface area contributed by atoms with Crippen molar-refractivity contribution in [2.75, 3.05) is 5.32 Å². The topological polar surface area (TPSA) is 76.9 Å². The second-order valence-electron chi connectivity index (χ2n) is 5.92. The van der Waals surface area contributed by atoms with Crippen LogP contribution < -0.4 is 5.32 Å². The van der Waals surface area contributed by atoms with Crippen molar-refractivity contribution in [2.24, 2.45) is 0 Å². The first-order valence-electron chi connectivity index (χ1n) is 8.04. The molecule has 7 heteroatoms. The van der Waals surface area contributed by atoms with E-state index in [9.17, 15) is 9.59 Å². The maximum absolute atomic E-state index is 12.1. The number of rotatable bonds is 4. The van der Waals surface area contributed by atoms with E-state index in [0.717, 1.165) is 36.5 Å². The maximum Gasteiger partial charge on any atom is 0.221 e. The molecule has 0 unspecified atom stereocenters. The molecular formula is C17H20N4O2S. The lowest BCUT2D eigenvalue weighted by Gasteiger charge is -2.19. The van der Waals surface area contributed by atoms with E-state index in [0.29, 0.717) is 17.4 Å². The Kier molecular flexibility index (Phi) is 4.99. The van der Waals surface area contributed by atoms with Gasteiger partial charge in [0, 0.05) is 19.0 Å². The van der Waals surface area contributed by atoms with Crippen LogP contribution in [0.25, 0.3) is 5.69 Å². The molecule has 1 heterocycles. The number of hydrogen-bond acceptors (Lipinski definition) is 5. The van der Waals surface area contributed by atoms with Gasteiger partial charge in [0.25, 0.3) is 0 Å². The molecule has 6 nitrogen and oxygen atoms in total. The molecule has 1 amide bonds. The number of thioether (sulfide) groups is 1. The van der Waals surface area contributed by atoms with Crippen LogP contribution in [0, 0.1) is 6.92 Å². The lowest BCUT2D eigenvalue weighted by atomic mass is 9.99. The highest BCUT2D eigenvalue weighted by atomic mass is 32.2. The van der Waals surface area contributed by atoms with Crippen molar-refractivity contribution in [3.63, 3.8) is 0 Å². The summed E-state index contributed by atoms with van der Waals surface area (Å²) in [7, 11) is 0. The van der Waals surface area contributed by atoms with Crippen LogP contribution in [-0.2, 0) is 9.59 Å². The summed E-state index contributed by atoms with van der Waals surface area (Å²) >= 11 is 1.49. The van der Waals surface area contributed by atoms with Crippen LogP contribution >= 0.6 is 11.8 Å². The van der Waals surface area contributed by atoms with Crippen LogP contribution in [0.15, 0.2) is 29.4 Å². The van der Waals surface area contributed by atoms with E-state index < -0.39 is 0 Å². The third-order valence-corrected chi connectivity index (χ3v) is 5.22. The summed E-state index contributed by atoms with van der Waals surface area (Å²) in [6, 6.07) is 7.53. The Labute approximate surface area is 145 Å². The standard InChI is InChI=1S/C17H20N4O2S/c1-11-19-20-17(24-16-9-4-3-8-15(16)23)21(11)14-7-5-6-13(10-14)18-12(2)22/h5-7,10,16H,3-4,8-9H2,1-2H3,(H,18,22)/t16-/m1/s1. The fraction of sp³-hybridized carbons (Fsp3) is 0.412. The van der Waals surface area contributed by atoms with Crippen molar-refractivity contribution in [3.8, 4) is 5.69 Å². The van der Waals surface area contributed by atoms with Crippen LogP contribution in [-0.4, -0.2) is 31.7 Å². The molecule has 24 heavy (non-hydrogen) atoms. The zero-order valence-electron chi connectivity index (χ0n) is 13.8. The minimum absolute atomic E-state index is 0.0420. The number of aryl methyl sites for hydroxylation is 1. The van der Waals surface area contributed by atoms with Crippen LogP contribution in [0.2, 0.25) is 0 Å². The number of Topliss-reactive ketones (excluding diaryl/α,β-unsaturated/α-hetero) is 1. The van der Waals surface area contributed by atoms with Gasteiger partial charge in [0.2, 0.25) is 5.91 Å². The zero-order chi connectivity index (χ0) is 17.1. The molecule has 2 aromatic rings. The van der Waals surface area contributed by atoms with Gasteiger partial charge in [-0.2, -0.15) is 0 Å². The summed E-state index contributed by atoms with van der Waals surface area (Å²) in [4.78, 5) is 23.4. The average Bonchev–Trinajstić information content (AvgIpc) is 2.90. The van der Waals surface area contributed by atoms with E-state index in [-0.39, 0.29) is 11.2 Å². The van der Waals surface area contributed by atoms with Gasteiger partial charge in [0.1, 0.15) is 11.6 Å². The molecular weight excluding hydrogens is 324 g/mol. The predicted molar refractivity (Wildman–Crippen MR) is 93.5 cm³/mol. The van der Waals surface area contributed by atoms with Gasteiger partial charge in [-0.25, -0.2) is 0 Å². The fourth-order valence-corrected chi connectivity index (χ4v) is 4.06. The van der Waals surface area contributed by atoms with Gasteiger partial charge in [0.05, 0.1) is 10.9 Å². The van der Waals surface area contributed by atoms with E-state index >= 15 is 0 Å². The number of nitrogens with zero attached hydrogens (tertiary/aromatic N) is 3. The van der Waals surface area contributed by atoms with E-state index in [1.165, 1.54) is 18.7 Å². The lowest BCUT2D eigenvalue weighted by molar-refractivity contribution is -0.119. The van der Waals surface area contributed by atoms with Crippen LogP contribution in [0.4, 0.5) is 5.69 Å². The Bertz CT molecular complexity index is 772. The van der Waals surface area contributed by atoms with E-state index in [2.05, 4.69) is 15.5 Å². The first-order chi connectivity index (χ1) is 11.5. The normalized spacial score (nSPS) is 17.8. The number of carbonyl (C=O) groups is 2. The molecule has 0 aliphatic heterocycles. The van der Waals surface area contributed by atoms with Crippen molar-refractivity contribution in [1.82, 2.24) is 14.8 Å². The highest BCUT2D eigenvalue weighted by Crippen LogP contribution is 2.32. The van der Waals surface area contributed by atoms with Gasteiger partial charge in [-0.05, 0) is 38.0 Å². The molecule has 1 atom stereocenters. The molecule has 1 aliphatic carbocycles. The molecule has 0 radical (unpaired) electrons. The van der Waals surface area contributed by atoms with Crippen LogP contribution in [0.3, 0.4) is 0 Å². The number of amides is 1. The minimum atomic E-state index is -0.116. The molecule has 1 aromatic carbocycles. The molecule has 0 saturated heterocycles. The Morgan fingerprint density at radius 3 is 2.92 bits per heavy atom. The van der Waals surface area contributed by atoms with Gasteiger partial charge in [-0.1, -0.05) is 24.2 Å². The number of carbonyl (C=O) groups excluding carboxylic acids is 2. The molecule has 1 N–H and O–H groups in total. The maximum atomic E-state index is 12.1. The van der Waals surface area contributed by atoms with Gasteiger partial charge in [-0.15, -0.1) is 10.2 Å². The number of aromatic nitrogens is 3. The Morgan fingerprint density at radius 2 is 2.17 bits per heavy atom. The predicted octanol–water partition coefficient (Wildman–Crippen LogP) is 3.14. The van der Waals surface area contributed by atoms with Gasteiger partial charge >= 0.3 is 0 Å². The molecule has 1 fully saturated rings. The van der Waals surface area contributed by atoms with Crippen molar-refractivity contribution in [3.05, 3.63) is 30.1 Å². The lowest BCUT2D eigenvalue weighted by Crippen LogP contribution is -2.21.